The second-order valence-electron chi connectivity index (χ2n) is 7.12. The number of methoxy groups -OCH3 is 1. The van der Waals surface area contributed by atoms with E-state index < -0.39 is 9.84 Å². The van der Waals surface area contributed by atoms with Crippen molar-refractivity contribution in [2.45, 2.75) is 25.4 Å². The van der Waals surface area contributed by atoms with Crippen molar-refractivity contribution in [3.05, 3.63) is 36.7 Å². The van der Waals surface area contributed by atoms with Crippen LogP contribution in [-0.2, 0) is 25.9 Å². The Kier molecular flexibility index (Phi) is 7.61. The molecule has 0 spiro atoms. The van der Waals surface area contributed by atoms with Crippen molar-refractivity contribution in [2.75, 3.05) is 37.2 Å². The SMILES string of the molecule is CCn1ccc(-c2cnc(NC(C)=O)cc2Nc2cc(OCCOC)cc(S(C)(=O)=O)n2)n1. The minimum Gasteiger partial charge on any atom is -0.491 e. The molecule has 0 aromatic carbocycles. The van der Waals surface area contributed by atoms with Crippen molar-refractivity contribution in [2.24, 2.45) is 0 Å². The first-order valence-electron chi connectivity index (χ1n) is 10.1. The summed E-state index contributed by atoms with van der Waals surface area (Å²) in [6.07, 6.45) is 4.49. The van der Waals surface area contributed by atoms with Crippen LogP contribution in [0, 0.1) is 0 Å². The summed E-state index contributed by atoms with van der Waals surface area (Å²) >= 11 is 0. The molecule has 3 aromatic heterocycles. The Morgan fingerprint density at radius 1 is 1.18 bits per heavy atom. The average Bonchev–Trinajstić information content (AvgIpc) is 3.22. The molecule has 12 heteroatoms. The van der Waals surface area contributed by atoms with Crippen LogP contribution in [0.25, 0.3) is 11.3 Å². The molecule has 0 atom stereocenters. The zero-order valence-electron chi connectivity index (χ0n) is 18.8. The van der Waals surface area contributed by atoms with E-state index in [-0.39, 0.29) is 23.4 Å². The summed E-state index contributed by atoms with van der Waals surface area (Å²) < 4.78 is 36.7. The van der Waals surface area contributed by atoms with Crippen LogP contribution < -0.4 is 15.4 Å². The van der Waals surface area contributed by atoms with E-state index in [0.29, 0.717) is 41.7 Å². The summed E-state index contributed by atoms with van der Waals surface area (Å²) in [4.78, 5) is 20.0. The van der Waals surface area contributed by atoms with Gasteiger partial charge in [0.25, 0.3) is 0 Å². The molecule has 0 saturated heterocycles. The van der Waals surface area contributed by atoms with E-state index >= 15 is 0 Å². The van der Waals surface area contributed by atoms with E-state index in [0.717, 1.165) is 6.26 Å². The van der Waals surface area contributed by atoms with Gasteiger partial charge in [-0.25, -0.2) is 18.4 Å². The van der Waals surface area contributed by atoms with Crippen LogP contribution in [0.5, 0.6) is 5.75 Å². The molecule has 0 saturated carbocycles. The lowest BCUT2D eigenvalue weighted by Crippen LogP contribution is -2.09. The van der Waals surface area contributed by atoms with E-state index in [9.17, 15) is 13.2 Å². The van der Waals surface area contributed by atoms with Crippen LogP contribution in [-0.4, -0.2) is 60.7 Å². The minimum atomic E-state index is -3.60. The lowest BCUT2D eigenvalue weighted by Gasteiger charge is -2.14. The van der Waals surface area contributed by atoms with Gasteiger partial charge in [-0.05, 0) is 13.0 Å². The van der Waals surface area contributed by atoms with E-state index in [1.54, 1.807) is 30.1 Å². The summed E-state index contributed by atoms with van der Waals surface area (Å²) in [5, 5.41) is 10.1. The first-order valence-corrected chi connectivity index (χ1v) is 12.0. The molecule has 0 fully saturated rings. The van der Waals surface area contributed by atoms with Crippen molar-refractivity contribution in [3.8, 4) is 17.0 Å². The lowest BCUT2D eigenvalue weighted by molar-refractivity contribution is -0.114. The Morgan fingerprint density at radius 2 is 1.97 bits per heavy atom. The number of hydrogen-bond acceptors (Lipinski definition) is 9. The van der Waals surface area contributed by atoms with Gasteiger partial charge in [-0.1, -0.05) is 0 Å². The van der Waals surface area contributed by atoms with Crippen LogP contribution in [0.15, 0.2) is 41.7 Å². The van der Waals surface area contributed by atoms with Gasteiger partial charge in [-0.3, -0.25) is 9.48 Å². The molecule has 0 aliphatic heterocycles. The molecule has 2 N–H and O–H groups in total. The van der Waals surface area contributed by atoms with Gasteiger partial charge in [-0.2, -0.15) is 5.10 Å². The molecule has 33 heavy (non-hydrogen) atoms. The number of aromatic nitrogens is 4. The maximum absolute atomic E-state index is 12.2. The number of hydrogen-bond donors (Lipinski definition) is 2. The maximum Gasteiger partial charge on any atom is 0.222 e. The zero-order chi connectivity index (χ0) is 24.0. The number of nitrogens with zero attached hydrogens (tertiary/aromatic N) is 4. The number of nitrogens with one attached hydrogen (secondary N) is 2. The maximum atomic E-state index is 12.2. The van der Waals surface area contributed by atoms with Gasteiger partial charge in [-0.15, -0.1) is 0 Å². The molecule has 0 unspecified atom stereocenters. The molecule has 3 heterocycles. The summed E-state index contributed by atoms with van der Waals surface area (Å²) in [6.45, 7) is 4.63. The summed E-state index contributed by atoms with van der Waals surface area (Å²) in [7, 11) is -2.06. The van der Waals surface area contributed by atoms with E-state index in [2.05, 4.69) is 25.7 Å². The number of sulfone groups is 1. The van der Waals surface area contributed by atoms with Gasteiger partial charge in [0.1, 0.15) is 24.0 Å². The Balaban J connectivity index is 2.05. The molecule has 3 aromatic rings. The summed E-state index contributed by atoms with van der Waals surface area (Å²) in [5.74, 6) is 0.599. The van der Waals surface area contributed by atoms with Gasteiger partial charge in [0.15, 0.2) is 14.9 Å². The summed E-state index contributed by atoms with van der Waals surface area (Å²) in [5.41, 5.74) is 1.82. The quantitative estimate of drug-likeness (QED) is 0.424. The normalized spacial score (nSPS) is 11.3. The lowest BCUT2D eigenvalue weighted by atomic mass is 10.1. The van der Waals surface area contributed by atoms with Gasteiger partial charge in [0, 0.05) is 63.0 Å². The summed E-state index contributed by atoms with van der Waals surface area (Å²) in [6, 6.07) is 6.40. The van der Waals surface area contributed by atoms with Crippen LogP contribution in [0.1, 0.15) is 13.8 Å². The highest BCUT2D eigenvalue weighted by Crippen LogP contribution is 2.32. The Morgan fingerprint density at radius 3 is 2.61 bits per heavy atom. The molecule has 3 rings (SSSR count). The number of rotatable bonds is 10. The Labute approximate surface area is 192 Å². The third-order valence-corrected chi connectivity index (χ3v) is 5.39. The van der Waals surface area contributed by atoms with E-state index in [1.165, 1.54) is 13.0 Å². The fraction of sp³-hybridized carbons (Fsp3) is 0.333. The first kappa shape index (κ1) is 24.1. The standard InChI is InChI=1S/C21H26N6O5S/c1-5-27-7-6-17(26-27)16-13-22-19(23-14(2)28)12-18(16)24-20-10-15(32-9-8-31-3)11-21(25-20)33(4,29)30/h6-7,10-13H,5,8-9H2,1-4H3,(H2,22,23,24,25,28). The van der Waals surface area contributed by atoms with Crippen LogP contribution in [0.3, 0.4) is 0 Å². The van der Waals surface area contributed by atoms with Gasteiger partial charge in [0.2, 0.25) is 5.91 Å². The highest BCUT2D eigenvalue weighted by molar-refractivity contribution is 7.90. The number of aryl methyl sites for hydroxylation is 1. The molecule has 0 aliphatic rings. The predicted molar refractivity (Wildman–Crippen MR) is 123 cm³/mol. The highest BCUT2D eigenvalue weighted by Gasteiger charge is 2.16. The number of pyridine rings is 2. The number of ether oxygens (including phenoxy) is 2. The van der Waals surface area contributed by atoms with Gasteiger partial charge >= 0.3 is 0 Å². The average molecular weight is 475 g/mol. The Bertz CT molecular complexity index is 1240. The highest BCUT2D eigenvalue weighted by atomic mass is 32.2. The topological polar surface area (TPSA) is 137 Å². The van der Waals surface area contributed by atoms with Crippen molar-refractivity contribution >= 4 is 33.1 Å². The molecule has 0 radical (unpaired) electrons. The third-order valence-electron chi connectivity index (χ3n) is 4.42. The Hall–Kier alpha value is -3.51. The molecule has 0 bridgehead atoms. The van der Waals surface area contributed by atoms with Crippen molar-refractivity contribution < 1.29 is 22.7 Å². The zero-order valence-corrected chi connectivity index (χ0v) is 19.6. The molecular formula is C21H26N6O5S. The molecule has 0 aliphatic carbocycles. The van der Waals surface area contributed by atoms with Gasteiger partial charge < -0.3 is 20.1 Å². The number of carbonyl (C=O) groups is 1. The third kappa shape index (κ3) is 6.49. The number of anilines is 3. The van der Waals surface area contributed by atoms with Crippen LogP contribution in [0.2, 0.25) is 0 Å². The molecule has 1 amide bonds. The first-order chi connectivity index (χ1) is 15.7. The fourth-order valence-corrected chi connectivity index (χ4v) is 3.49. The minimum absolute atomic E-state index is 0.145. The van der Waals surface area contributed by atoms with Crippen LogP contribution >= 0.6 is 0 Å². The predicted octanol–water partition coefficient (Wildman–Crippen LogP) is 2.49. The molecular weight excluding hydrogens is 448 g/mol. The molecule has 176 valence electrons. The number of amides is 1. The second kappa shape index (κ2) is 10.4. The van der Waals surface area contributed by atoms with E-state index in [4.69, 9.17) is 9.47 Å². The van der Waals surface area contributed by atoms with Crippen molar-refractivity contribution in [1.82, 2.24) is 19.7 Å². The van der Waals surface area contributed by atoms with Crippen molar-refractivity contribution in [3.63, 3.8) is 0 Å². The fourth-order valence-electron chi connectivity index (χ4n) is 2.89. The number of carbonyl (C=O) groups excluding carboxylic acids is 1. The van der Waals surface area contributed by atoms with Crippen molar-refractivity contribution in [1.29, 1.82) is 0 Å². The monoisotopic (exact) mass is 474 g/mol. The molecule has 11 nitrogen and oxygen atoms in total. The smallest absolute Gasteiger partial charge is 0.222 e. The second-order valence-corrected chi connectivity index (χ2v) is 9.08. The van der Waals surface area contributed by atoms with Crippen LogP contribution in [0.4, 0.5) is 17.3 Å². The largest absolute Gasteiger partial charge is 0.491 e. The van der Waals surface area contributed by atoms with E-state index in [1.807, 2.05) is 19.2 Å². The van der Waals surface area contributed by atoms with Gasteiger partial charge in [0.05, 0.1) is 18.0 Å².